The normalized spacial score (nSPS) is 30.5. The largest absolute Gasteiger partial charge is 0.303 e. The van der Waals surface area contributed by atoms with Gasteiger partial charge in [0, 0.05) is 44.3 Å². The van der Waals surface area contributed by atoms with Crippen molar-refractivity contribution in [3.05, 3.63) is 0 Å². The standard InChI is InChI=1S/C13H27N3O2S/c1-11(2)19(17,18)15-6-7-16-12(9-15)8-14(5)10-13(16,3)4/h11-12H,6-10H2,1-5H3. The van der Waals surface area contributed by atoms with E-state index >= 15 is 0 Å². The van der Waals surface area contributed by atoms with E-state index in [2.05, 4.69) is 30.7 Å². The number of hydrogen-bond acceptors (Lipinski definition) is 4. The van der Waals surface area contributed by atoms with E-state index in [1.165, 1.54) is 0 Å². The van der Waals surface area contributed by atoms with Gasteiger partial charge in [-0.2, -0.15) is 4.31 Å². The summed E-state index contributed by atoms with van der Waals surface area (Å²) < 4.78 is 26.3. The maximum Gasteiger partial charge on any atom is 0.216 e. The molecule has 19 heavy (non-hydrogen) atoms. The number of sulfonamides is 1. The number of rotatable bonds is 2. The third kappa shape index (κ3) is 2.82. The van der Waals surface area contributed by atoms with Crippen LogP contribution in [0.4, 0.5) is 0 Å². The molecule has 0 aliphatic carbocycles. The summed E-state index contributed by atoms with van der Waals surface area (Å²) in [5.74, 6) is 0. The Morgan fingerprint density at radius 1 is 1.16 bits per heavy atom. The van der Waals surface area contributed by atoms with E-state index in [4.69, 9.17) is 0 Å². The summed E-state index contributed by atoms with van der Waals surface area (Å²) in [5, 5.41) is -0.326. The van der Waals surface area contributed by atoms with Crippen molar-refractivity contribution in [3.8, 4) is 0 Å². The van der Waals surface area contributed by atoms with Gasteiger partial charge in [0.15, 0.2) is 0 Å². The molecule has 2 saturated heterocycles. The van der Waals surface area contributed by atoms with Crippen molar-refractivity contribution in [2.24, 2.45) is 0 Å². The van der Waals surface area contributed by atoms with Crippen molar-refractivity contribution in [1.82, 2.24) is 14.1 Å². The highest BCUT2D eigenvalue weighted by atomic mass is 32.2. The second kappa shape index (κ2) is 4.98. The van der Waals surface area contributed by atoms with Crippen LogP contribution in [0.25, 0.3) is 0 Å². The number of hydrogen-bond donors (Lipinski definition) is 0. The van der Waals surface area contributed by atoms with Crippen LogP contribution in [0.15, 0.2) is 0 Å². The lowest BCUT2D eigenvalue weighted by molar-refractivity contribution is -0.0428. The second-order valence-corrected chi connectivity index (χ2v) is 9.30. The van der Waals surface area contributed by atoms with Crippen LogP contribution in [-0.4, -0.2) is 79.1 Å². The molecule has 2 aliphatic rings. The van der Waals surface area contributed by atoms with Crippen molar-refractivity contribution in [3.63, 3.8) is 0 Å². The maximum atomic E-state index is 12.3. The Morgan fingerprint density at radius 3 is 2.37 bits per heavy atom. The van der Waals surface area contributed by atoms with Gasteiger partial charge in [-0.25, -0.2) is 8.42 Å². The van der Waals surface area contributed by atoms with Gasteiger partial charge in [0.25, 0.3) is 0 Å². The highest BCUT2D eigenvalue weighted by molar-refractivity contribution is 7.89. The summed E-state index contributed by atoms with van der Waals surface area (Å²) in [5.41, 5.74) is 0.130. The quantitative estimate of drug-likeness (QED) is 0.740. The molecule has 0 amide bonds. The van der Waals surface area contributed by atoms with Crippen molar-refractivity contribution in [2.45, 2.75) is 44.5 Å². The smallest absolute Gasteiger partial charge is 0.216 e. The average Bonchev–Trinajstić information content (AvgIpc) is 2.26. The molecule has 0 spiro atoms. The van der Waals surface area contributed by atoms with Gasteiger partial charge < -0.3 is 4.90 Å². The van der Waals surface area contributed by atoms with E-state index in [9.17, 15) is 8.42 Å². The predicted octanol–water partition coefficient (Wildman–Crippen LogP) is 0.435. The van der Waals surface area contributed by atoms with Gasteiger partial charge in [-0.15, -0.1) is 0 Å². The van der Waals surface area contributed by atoms with Crippen LogP contribution in [0.1, 0.15) is 27.7 Å². The first kappa shape index (κ1) is 15.2. The molecular formula is C13H27N3O2S. The van der Waals surface area contributed by atoms with E-state index in [0.29, 0.717) is 19.1 Å². The summed E-state index contributed by atoms with van der Waals surface area (Å²) in [7, 11) is -0.997. The third-order valence-corrected chi connectivity index (χ3v) is 6.60. The molecular weight excluding hydrogens is 262 g/mol. The van der Waals surface area contributed by atoms with Crippen LogP contribution in [0.5, 0.6) is 0 Å². The highest BCUT2D eigenvalue weighted by Crippen LogP contribution is 2.28. The lowest BCUT2D eigenvalue weighted by Gasteiger charge is -2.54. The molecule has 2 heterocycles. The van der Waals surface area contributed by atoms with Crippen molar-refractivity contribution in [1.29, 1.82) is 0 Å². The van der Waals surface area contributed by atoms with E-state index in [-0.39, 0.29) is 10.8 Å². The van der Waals surface area contributed by atoms with Crippen LogP contribution >= 0.6 is 0 Å². The molecule has 0 aromatic carbocycles. The second-order valence-electron chi connectivity index (χ2n) is 6.81. The van der Waals surface area contributed by atoms with Gasteiger partial charge >= 0.3 is 0 Å². The van der Waals surface area contributed by atoms with E-state index < -0.39 is 10.0 Å². The first-order valence-corrected chi connectivity index (χ1v) is 8.59. The minimum absolute atomic E-state index is 0.130. The molecule has 5 nitrogen and oxygen atoms in total. The summed E-state index contributed by atoms with van der Waals surface area (Å²) >= 11 is 0. The average molecular weight is 289 g/mol. The molecule has 0 N–H and O–H groups in total. The first-order chi connectivity index (χ1) is 8.64. The molecule has 0 aromatic rings. The monoisotopic (exact) mass is 289 g/mol. The van der Waals surface area contributed by atoms with E-state index in [1.807, 2.05) is 0 Å². The Labute approximate surface area is 117 Å². The molecule has 2 rings (SSSR count). The van der Waals surface area contributed by atoms with Gasteiger partial charge in [-0.05, 0) is 34.7 Å². The fraction of sp³-hybridized carbons (Fsp3) is 1.00. The summed E-state index contributed by atoms with van der Waals surface area (Å²) in [4.78, 5) is 4.80. The van der Waals surface area contributed by atoms with Gasteiger partial charge in [0.2, 0.25) is 10.0 Å². The zero-order chi connectivity index (χ0) is 14.4. The SMILES string of the molecule is CC(C)S(=O)(=O)N1CCN2C(CN(C)CC2(C)C)C1. The Hall–Kier alpha value is -0.170. The molecule has 1 unspecified atom stereocenters. The predicted molar refractivity (Wildman–Crippen MR) is 77.7 cm³/mol. The van der Waals surface area contributed by atoms with Crippen LogP contribution in [-0.2, 0) is 10.0 Å². The number of likely N-dealkylation sites (N-methyl/N-ethyl adjacent to an activating group) is 1. The van der Waals surface area contributed by atoms with Crippen LogP contribution in [0.2, 0.25) is 0 Å². The maximum absolute atomic E-state index is 12.3. The molecule has 0 bridgehead atoms. The minimum Gasteiger partial charge on any atom is -0.303 e. The minimum atomic E-state index is -3.12. The van der Waals surface area contributed by atoms with Crippen molar-refractivity contribution >= 4 is 10.0 Å². The molecule has 2 aliphatic heterocycles. The fourth-order valence-electron chi connectivity index (χ4n) is 3.48. The van der Waals surface area contributed by atoms with Gasteiger partial charge in [0.05, 0.1) is 5.25 Å². The highest BCUT2D eigenvalue weighted by Gasteiger charge is 2.43. The molecule has 6 heteroatoms. The molecule has 0 saturated carbocycles. The first-order valence-electron chi connectivity index (χ1n) is 7.09. The number of nitrogens with zero attached hydrogens (tertiary/aromatic N) is 3. The van der Waals surface area contributed by atoms with Gasteiger partial charge in [0.1, 0.15) is 0 Å². The Balaban J connectivity index is 2.16. The zero-order valence-electron chi connectivity index (χ0n) is 12.8. The molecule has 112 valence electrons. The molecule has 2 fully saturated rings. The topological polar surface area (TPSA) is 43.9 Å². The molecule has 1 atom stereocenters. The lowest BCUT2D eigenvalue weighted by atomic mass is 9.94. The number of fused-ring (bicyclic) bond motifs is 1. The van der Waals surface area contributed by atoms with Crippen molar-refractivity contribution in [2.75, 3.05) is 39.8 Å². The summed E-state index contributed by atoms with van der Waals surface area (Å²) in [6.45, 7) is 12.1. The van der Waals surface area contributed by atoms with Crippen LogP contribution in [0.3, 0.4) is 0 Å². The summed E-state index contributed by atoms with van der Waals surface area (Å²) in [6.07, 6.45) is 0. The van der Waals surface area contributed by atoms with Gasteiger partial charge in [-0.1, -0.05) is 0 Å². The Kier molecular flexibility index (Phi) is 3.99. The van der Waals surface area contributed by atoms with Crippen LogP contribution < -0.4 is 0 Å². The third-order valence-electron chi connectivity index (χ3n) is 4.36. The molecule has 0 aromatic heterocycles. The lowest BCUT2D eigenvalue weighted by Crippen LogP contribution is -2.69. The Morgan fingerprint density at radius 2 is 1.79 bits per heavy atom. The van der Waals surface area contributed by atoms with Crippen LogP contribution in [0, 0.1) is 0 Å². The zero-order valence-corrected chi connectivity index (χ0v) is 13.6. The summed E-state index contributed by atoms with van der Waals surface area (Å²) in [6, 6.07) is 0.316. The van der Waals surface area contributed by atoms with Gasteiger partial charge in [-0.3, -0.25) is 4.90 Å². The van der Waals surface area contributed by atoms with Crippen molar-refractivity contribution < 1.29 is 8.42 Å². The molecule has 0 radical (unpaired) electrons. The Bertz CT molecular complexity index is 433. The van der Waals surface area contributed by atoms with E-state index in [0.717, 1.165) is 19.6 Å². The van der Waals surface area contributed by atoms with E-state index in [1.54, 1.807) is 18.2 Å². The fourth-order valence-corrected chi connectivity index (χ4v) is 4.80. The number of piperazine rings is 2.